The molecule has 1 heterocycles. The number of pyridine rings is 1. The van der Waals surface area contributed by atoms with Gasteiger partial charge in [-0.3, -0.25) is 9.78 Å². The molecule has 0 N–H and O–H groups in total. The molecule has 0 spiro atoms. The second kappa shape index (κ2) is 7.22. The van der Waals surface area contributed by atoms with Crippen molar-refractivity contribution in [2.24, 2.45) is 0 Å². The largest absolute Gasteiger partial charge is 0.343 e. The number of nitrogens with zero attached hydrogens (tertiary/aromatic N) is 2. The molecule has 0 saturated heterocycles. The lowest BCUT2D eigenvalue weighted by molar-refractivity contribution is -0.128. The van der Waals surface area contributed by atoms with Gasteiger partial charge in [0.05, 0.1) is 16.7 Å². The van der Waals surface area contributed by atoms with Gasteiger partial charge in [-0.1, -0.05) is 11.6 Å². The van der Waals surface area contributed by atoms with E-state index in [1.807, 2.05) is 13.8 Å². The van der Waals surface area contributed by atoms with E-state index in [1.54, 1.807) is 24.3 Å². The molecular formula is C12H16Cl2N2OS. The van der Waals surface area contributed by atoms with Crippen molar-refractivity contribution in [3.8, 4) is 0 Å². The Morgan fingerprint density at radius 3 is 2.72 bits per heavy atom. The monoisotopic (exact) mass is 306 g/mol. The smallest absolute Gasteiger partial charge is 0.232 e. The lowest BCUT2D eigenvalue weighted by Gasteiger charge is -2.21. The van der Waals surface area contributed by atoms with Crippen LogP contribution in [0.15, 0.2) is 17.3 Å². The second-order valence-corrected chi connectivity index (χ2v) is 5.81. The van der Waals surface area contributed by atoms with Gasteiger partial charge in [0.2, 0.25) is 5.91 Å². The molecule has 6 heteroatoms. The average molecular weight is 307 g/mol. The summed E-state index contributed by atoms with van der Waals surface area (Å²) < 4.78 is 0. The third-order valence-electron chi connectivity index (χ3n) is 2.62. The number of thioether (sulfide) groups is 1. The molecule has 1 rings (SSSR count). The second-order valence-electron chi connectivity index (χ2n) is 4.12. The molecule has 0 unspecified atom stereocenters. The van der Waals surface area contributed by atoms with Crippen LogP contribution in [0.4, 0.5) is 0 Å². The SMILES string of the molecule is CC(C)N(C)C(=O)CSc1cncc(Cl)c1CCl. The van der Waals surface area contributed by atoms with Crippen molar-refractivity contribution in [2.75, 3.05) is 12.8 Å². The summed E-state index contributed by atoms with van der Waals surface area (Å²) in [6.07, 6.45) is 3.25. The maximum Gasteiger partial charge on any atom is 0.232 e. The number of rotatable bonds is 5. The van der Waals surface area contributed by atoms with Crippen molar-refractivity contribution in [3.05, 3.63) is 23.0 Å². The van der Waals surface area contributed by atoms with E-state index >= 15 is 0 Å². The summed E-state index contributed by atoms with van der Waals surface area (Å²) in [5.74, 6) is 0.758. The molecule has 0 bridgehead atoms. The summed E-state index contributed by atoms with van der Waals surface area (Å²) in [6.45, 7) is 3.96. The van der Waals surface area contributed by atoms with Crippen LogP contribution in [0, 0.1) is 0 Å². The zero-order valence-electron chi connectivity index (χ0n) is 10.6. The number of hydrogen-bond donors (Lipinski definition) is 0. The Balaban J connectivity index is 2.69. The zero-order chi connectivity index (χ0) is 13.7. The molecule has 0 aliphatic heterocycles. The predicted molar refractivity (Wildman–Crippen MR) is 77.4 cm³/mol. The standard InChI is InChI=1S/C12H16Cl2N2OS/c1-8(2)16(3)12(17)7-18-11-6-15-5-10(14)9(11)4-13/h5-6,8H,4,7H2,1-3H3. The van der Waals surface area contributed by atoms with Crippen LogP contribution >= 0.6 is 35.0 Å². The Morgan fingerprint density at radius 1 is 1.50 bits per heavy atom. The Morgan fingerprint density at radius 2 is 2.17 bits per heavy atom. The average Bonchev–Trinajstić information content (AvgIpc) is 2.34. The van der Waals surface area contributed by atoms with Gasteiger partial charge >= 0.3 is 0 Å². The molecule has 100 valence electrons. The third-order valence-corrected chi connectivity index (χ3v) is 4.27. The van der Waals surface area contributed by atoms with Crippen molar-refractivity contribution in [2.45, 2.75) is 30.7 Å². The first kappa shape index (κ1) is 15.6. The van der Waals surface area contributed by atoms with Gasteiger partial charge in [0.15, 0.2) is 0 Å². The fraction of sp³-hybridized carbons (Fsp3) is 0.500. The van der Waals surface area contributed by atoms with E-state index in [-0.39, 0.29) is 11.9 Å². The fourth-order valence-corrected chi connectivity index (χ4v) is 2.92. The number of carbonyl (C=O) groups is 1. The molecule has 1 aromatic heterocycles. The normalized spacial score (nSPS) is 10.8. The molecule has 0 saturated carbocycles. The van der Waals surface area contributed by atoms with Gasteiger partial charge in [-0.05, 0) is 13.8 Å². The Bertz CT molecular complexity index is 427. The maximum absolute atomic E-state index is 11.9. The zero-order valence-corrected chi connectivity index (χ0v) is 12.9. The van der Waals surface area contributed by atoms with Gasteiger partial charge in [-0.25, -0.2) is 0 Å². The van der Waals surface area contributed by atoms with Crippen LogP contribution in [0.3, 0.4) is 0 Å². The third kappa shape index (κ3) is 4.04. The van der Waals surface area contributed by atoms with Gasteiger partial charge < -0.3 is 4.90 Å². The van der Waals surface area contributed by atoms with Crippen LogP contribution in [-0.4, -0.2) is 34.6 Å². The van der Waals surface area contributed by atoms with Crippen LogP contribution in [0.2, 0.25) is 5.02 Å². The molecule has 0 atom stereocenters. The van der Waals surface area contributed by atoms with E-state index in [1.165, 1.54) is 11.8 Å². The molecule has 0 radical (unpaired) electrons. The molecular weight excluding hydrogens is 291 g/mol. The highest BCUT2D eigenvalue weighted by molar-refractivity contribution is 8.00. The quantitative estimate of drug-likeness (QED) is 0.617. The Labute approximate surface area is 122 Å². The molecule has 1 amide bonds. The lowest BCUT2D eigenvalue weighted by Crippen LogP contribution is -2.34. The van der Waals surface area contributed by atoms with E-state index < -0.39 is 0 Å². The summed E-state index contributed by atoms with van der Waals surface area (Å²) in [5.41, 5.74) is 0.832. The van der Waals surface area contributed by atoms with E-state index in [0.29, 0.717) is 16.7 Å². The summed E-state index contributed by atoms with van der Waals surface area (Å²) >= 11 is 13.3. The van der Waals surface area contributed by atoms with Gasteiger partial charge in [0.25, 0.3) is 0 Å². The van der Waals surface area contributed by atoms with Crippen molar-refractivity contribution < 1.29 is 4.79 Å². The van der Waals surface area contributed by atoms with Crippen LogP contribution in [0.25, 0.3) is 0 Å². The van der Waals surface area contributed by atoms with Crippen molar-refractivity contribution in [1.82, 2.24) is 9.88 Å². The van der Waals surface area contributed by atoms with Gasteiger partial charge in [0, 0.05) is 35.9 Å². The number of carbonyl (C=O) groups excluding carboxylic acids is 1. The first-order valence-corrected chi connectivity index (χ1v) is 7.44. The first-order chi connectivity index (χ1) is 8.47. The van der Waals surface area contributed by atoms with Crippen LogP contribution < -0.4 is 0 Å². The predicted octanol–water partition coefficient (Wildman–Crippen LogP) is 3.43. The highest BCUT2D eigenvalue weighted by atomic mass is 35.5. The summed E-state index contributed by atoms with van der Waals surface area (Å²) in [4.78, 5) is 18.5. The first-order valence-electron chi connectivity index (χ1n) is 5.54. The van der Waals surface area contributed by atoms with E-state index in [2.05, 4.69) is 4.98 Å². The van der Waals surface area contributed by atoms with Crippen molar-refractivity contribution >= 4 is 40.9 Å². The molecule has 1 aromatic rings. The molecule has 0 aromatic carbocycles. The number of aromatic nitrogens is 1. The molecule has 0 fully saturated rings. The fourth-order valence-electron chi connectivity index (χ4n) is 1.23. The molecule has 0 aliphatic carbocycles. The van der Waals surface area contributed by atoms with Crippen LogP contribution in [-0.2, 0) is 10.7 Å². The number of amides is 1. The van der Waals surface area contributed by atoms with Crippen LogP contribution in [0.5, 0.6) is 0 Å². The summed E-state index contributed by atoms with van der Waals surface area (Å²) in [5, 5.41) is 0.541. The van der Waals surface area contributed by atoms with Gasteiger partial charge in [-0.15, -0.1) is 23.4 Å². The molecule has 0 aliphatic rings. The highest BCUT2D eigenvalue weighted by Crippen LogP contribution is 2.28. The van der Waals surface area contributed by atoms with E-state index in [4.69, 9.17) is 23.2 Å². The number of alkyl halides is 1. The highest BCUT2D eigenvalue weighted by Gasteiger charge is 2.14. The van der Waals surface area contributed by atoms with Crippen LogP contribution in [0.1, 0.15) is 19.4 Å². The minimum absolute atomic E-state index is 0.0792. The Hall–Kier alpha value is -0.450. The van der Waals surface area contributed by atoms with E-state index in [9.17, 15) is 4.79 Å². The summed E-state index contributed by atoms with van der Waals surface area (Å²) in [6, 6.07) is 0.197. The summed E-state index contributed by atoms with van der Waals surface area (Å²) in [7, 11) is 1.80. The number of hydrogen-bond acceptors (Lipinski definition) is 3. The van der Waals surface area contributed by atoms with Gasteiger partial charge in [-0.2, -0.15) is 0 Å². The maximum atomic E-state index is 11.9. The minimum Gasteiger partial charge on any atom is -0.343 e. The minimum atomic E-state index is 0.0792. The molecule has 3 nitrogen and oxygen atoms in total. The molecule has 18 heavy (non-hydrogen) atoms. The topological polar surface area (TPSA) is 33.2 Å². The van der Waals surface area contributed by atoms with Crippen molar-refractivity contribution in [1.29, 1.82) is 0 Å². The lowest BCUT2D eigenvalue weighted by atomic mass is 10.3. The number of halogens is 2. The van der Waals surface area contributed by atoms with Gasteiger partial charge in [0.1, 0.15) is 0 Å². The Kier molecular flexibility index (Phi) is 6.26. The van der Waals surface area contributed by atoms with Crippen molar-refractivity contribution in [3.63, 3.8) is 0 Å². The van der Waals surface area contributed by atoms with E-state index in [0.717, 1.165) is 10.5 Å².